The number of hydrogen-bond donors (Lipinski definition) is 0. The van der Waals surface area contributed by atoms with Crippen LogP contribution in [0.1, 0.15) is 44.6 Å². The molecule has 5 nitrogen and oxygen atoms in total. The smallest absolute Gasteiger partial charge is 0.277 e. The number of rotatable bonds is 6. The highest BCUT2D eigenvalue weighted by molar-refractivity contribution is 6.35. The minimum absolute atomic E-state index is 0.133. The van der Waals surface area contributed by atoms with Crippen molar-refractivity contribution in [1.82, 2.24) is 9.80 Å². The van der Waals surface area contributed by atoms with E-state index in [-0.39, 0.29) is 11.8 Å². The molecule has 1 saturated heterocycles. The molecule has 0 atom stereocenters. The van der Waals surface area contributed by atoms with Gasteiger partial charge in [-0.1, -0.05) is 25.5 Å². The third-order valence-electron chi connectivity index (χ3n) is 4.93. The summed E-state index contributed by atoms with van der Waals surface area (Å²) in [5.74, 6) is 0.443. The molecule has 2 amide bonds. The van der Waals surface area contributed by atoms with Crippen LogP contribution in [-0.2, 0) is 9.59 Å². The summed E-state index contributed by atoms with van der Waals surface area (Å²) in [5.41, 5.74) is 1.93. The molecule has 134 valence electrons. The predicted molar refractivity (Wildman–Crippen MR) is 97.0 cm³/mol. The molecule has 0 radical (unpaired) electrons. The highest BCUT2D eigenvalue weighted by atomic mass is 16.5. The largest absolute Gasteiger partial charge is 0.497 e. The van der Waals surface area contributed by atoms with E-state index in [1.165, 1.54) is 11.3 Å². The van der Waals surface area contributed by atoms with Crippen molar-refractivity contribution in [3.05, 3.63) is 35.5 Å². The van der Waals surface area contributed by atoms with E-state index >= 15 is 0 Å². The molecule has 2 heterocycles. The number of unbranched alkanes of at least 4 members (excludes halogenated alkanes) is 1. The molecule has 0 aliphatic carbocycles. The fourth-order valence-electron chi connectivity index (χ4n) is 3.51. The molecule has 1 aromatic carbocycles. The van der Waals surface area contributed by atoms with Crippen molar-refractivity contribution in [2.45, 2.75) is 39.0 Å². The minimum Gasteiger partial charge on any atom is -0.497 e. The number of piperidine rings is 1. The van der Waals surface area contributed by atoms with E-state index in [0.29, 0.717) is 17.8 Å². The van der Waals surface area contributed by atoms with Gasteiger partial charge in [-0.05, 0) is 43.4 Å². The van der Waals surface area contributed by atoms with Crippen LogP contribution in [-0.4, -0.2) is 48.4 Å². The Labute approximate surface area is 149 Å². The summed E-state index contributed by atoms with van der Waals surface area (Å²) < 4.78 is 5.21. The van der Waals surface area contributed by atoms with Gasteiger partial charge in [-0.25, -0.2) is 0 Å². The van der Waals surface area contributed by atoms with E-state index in [1.54, 1.807) is 7.11 Å². The highest BCUT2D eigenvalue weighted by Gasteiger charge is 2.41. The van der Waals surface area contributed by atoms with Gasteiger partial charge in [-0.2, -0.15) is 0 Å². The number of methoxy groups -OCH3 is 1. The summed E-state index contributed by atoms with van der Waals surface area (Å²) in [6.45, 7) is 4.24. The SMILES string of the molecule is CCCCN1C(=O)C(c2ccc(OC)cc2)=C(N2CCCCC2)C1=O. The van der Waals surface area contributed by atoms with Gasteiger partial charge in [-0.3, -0.25) is 14.5 Å². The molecule has 0 N–H and O–H groups in total. The number of hydrogen-bond acceptors (Lipinski definition) is 4. The molecule has 1 fully saturated rings. The average molecular weight is 342 g/mol. The minimum atomic E-state index is -0.163. The summed E-state index contributed by atoms with van der Waals surface area (Å²) in [6, 6.07) is 7.41. The molecule has 0 bridgehead atoms. The first-order valence-electron chi connectivity index (χ1n) is 9.17. The molecule has 2 aliphatic heterocycles. The number of nitrogens with zero attached hydrogens (tertiary/aromatic N) is 2. The predicted octanol–water partition coefficient (Wildman–Crippen LogP) is 3.06. The molecule has 25 heavy (non-hydrogen) atoms. The second-order valence-corrected chi connectivity index (χ2v) is 6.62. The van der Waals surface area contributed by atoms with Crippen molar-refractivity contribution in [3.63, 3.8) is 0 Å². The van der Waals surface area contributed by atoms with Crippen LogP contribution in [0.4, 0.5) is 0 Å². The Morgan fingerprint density at radius 2 is 1.68 bits per heavy atom. The second-order valence-electron chi connectivity index (χ2n) is 6.62. The number of carbonyl (C=O) groups is 2. The van der Waals surface area contributed by atoms with E-state index in [4.69, 9.17) is 4.74 Å². The molecular weight excluding hydrogens is 316 g/mol. The fourth-order valence-corrected chi connectivity index (χ4v) is 3.51. The van der Waals surface area contributed by atoms with Gasteiger partial charge in [0.1, 0.15) is 11.4 Å². The van der Waals surface area contributed by atoms with Crippen LogP contribution in [0.15, 0.2) is 30.0 Å². The van der Waals surface area contributed by atoms with Gasteiger partial charge in [0.15, 0.2) is 0 Å². The third-order valence-corrected chi connectivity index (χ3v) is 4.93. The molecule has 1 aromatic rings. The molecule has 3 rings (SSSR count). The van der Waals surface area contributed by atoms with E-state index in [1.807, 2.05) is 24.3 Å². The second kappa shape index (κ2) is 7.72. The average Bonchev–Trinajstić information content (AvgIpc) is 2.91. The van der Waals surface area contributed by atoms with Crippen molar-refractivity contribution in [3.8, 4) is 5.75 Å². The Kier molecular flexibility index (Phi) is 5.41. The number of benzene rings is 1. The van der Waals surface area contributed by atoms with E-state index < -0.39 is 0 Å². The first-order chi connectivity index (χ1) is 12.2. The number of amides is 2. The molecular formula is C20H26N2O3. The van der Waals surface area contributed by atoms with Crippen LogP contribution in [0.25, 0.3) is 5.57 Å². The summed E-state index contributed by atoms with van der Waals surface area (Å²) in [7, 11) is 1.62. The van der Waals surface area contributed by atoms with Gasteiger partial charge in [0.2, 0.25) is 0 Å². The van der Waals surface area contributed by atoms with Gasteiger partial charge in [0.05, 0.1) is 12.7 Å². The van der Waals surface area contributed by atoms with Crippen molar-refractivity contribution in [2.24, 2.45) is 0 Å². The van der Waals surface area contributed by atoms with Gasteiger partial charge >= 0.3 is 0 Å². The normalized spacial score (nSPS) is 18.3. The Balaban J connectivity index is 2.00. The number of likely N-dealkylation sites (tertiary alicyclic amines) is 1. The Morgan fingerprint density at radius 3 is 2.28 bits per heavy atom. The monoisotopic (exact) mass is 342 g/mol. The van der Waals surface area contributed by atoms with Gasteiger partial charge in [0.25, 0.3) is 11.8 Å². The quantitative estimate of drug-likeness (QED) is 0.746. The topological polar surface area (TPSA) is 49.9 Å². The first-order valence-corrected chi connectivity index (χ1v) is 9.17. The summed E-state index contributed by atoms with van der Waals surface area (Å²) in [5, 5.41) is 0. The number of ether oxygens (including phenoxy) is 1. The zero-order chi connectivity index (χ0) is 17.8. The lowest BCUT2D eigenvalue weighted by Crippen LogP contribution is -2.37. The maximum absolute atomic E-state index is 13.0. The lowest BCUT2D eigenvalue weighted by atomic mass is 10.0. The van der Waals surface area contributed by atoms with Crippen LogP contribution in [0, 0.1) is 0 Å². The third kappa shape index (κ3) is 3.41. The zero-order valence-electron chi connectivity index (χ0n) is 15.1. The molecule has 0 unspecified atom stereocenters. The van der Waals surface area contributed by atoms with Gasteiger partial charge < -0.3 is 9.64 Å². The molecule has 0 spiro atoms. The molecule has 5 heteroatoms. The standard InChI is InChI=1S/C20H26N2O3/c1-3-4-14-22-19(23)17(15-8-10-16(25-2)11-9-15)18(20(22)24)21-12-6-5-7-13-21/h8-11H,3-7,12-14H2,1-2H3. The van der Waals surface area contributed by atoms with Crippen molar-refractivity contribution in [2.75, 3.05) is 26.7 Å². The van der Waals surface area contributed by atoms with Gasteiger partial charge in [0, 0.05) is 19.6 Å². The van der Waals surface area contributed by atoms with Crippen LogP contribution in [0.2, 0.25) is 0 Å². The first kappa shape index (κ1) is 17.5. The van der Waals surface area contributed by atoms with Crippen molar-refractivity contribution in [1.29, 1.82) is 0 Å². The van der Waals surface area contributed by atoms with Crippen LogP contribution < -0.4 is 4.74 Å². The van der Waals surface area contributed by atoms with E-state index in [2.05, 4.69) is 11.8 Å². The summed E-state index contributed by atoms with van der Waals surface area (Å²) in [6.07, 6.45) is 5.10. The van der Waals surface area contributed by atoms with Gasteiger partial charge in [-0.15, -0.1) is 0 Å². The molecule has 0 saturated carbocycles. The highest BCUT2D eigenvalue weighted by Crippen LogP contribution is 2.33. The zero-order valence-corrected chi connectivity index (χ0v) is 15.1. The maximum Gasteiger partial charge on any atom is 0.277 e. The Morgan fingerprint density at radius 1 is 1.00 bits per heavy atom. The van der Waals surface area contributed by atoms with Crippen LogP contribution in [0.3, 0.4) is 0 Å². The molecule has 0 aromatic heterocycles. The number of imide groups is 1. The van der Waals surface area contributed by atoms with E-state index in [9.17, 15) is 9.59 Å². The number of carbonyl (C=O) groups excluding carboxylic acids is 2. The fraction of sp³-hybridized carbons (Fsp3) is 0.500. The van der Waals surface area contributed by atoms with Crippen LogP contribution >= 0.6 is 0 Å². The summed E-state index contributed by atoms with van der Waals surface area (Å²) in [4.78, 5) is 29.6. The van der Waals surface area contributed by atoms with E-state index in [0.717, 1.165) is 50.1 Å². The van der Waals surface area contributed by atoms with Crippen molar-refractivity contribution < 1.29 is 14.3 Å². The Hall–Kier alpha value is -2.30. The lowest BCUT2D eigenvalue weighted by molar-refractivity contribution is -0.137. The van der Waals surface area contributed by atoms with Crippen molar-refractivity contribution >= 4 is 17.4 Å². The summed E-state index contributed by atoms with van der Waals surface area (Å²) >= 11 is 0. The Bertz CT molecular complexity index is 673. The maximum atomic E-state index is 13.0. The lowest BCUT2D eigenvalue weighted by Gasteiger charge is -2.29. The van der Waals surface area contributed by atoms with Crippen LogP contribution in [0.5, 0.6) is 5.75 Å². The molecule has 2 aliphatic rings.